The molecule has 0 unspecified atom stereocenters. The number of hydrogen-bond donors (Lipinski definition) is 2. The molecule has 0 aliphatic rings. The van der Waals surface area contributed by atoms with Crippen LogP contribution in [0.3, 0.4) is 0 Å². The maximum absolute atomic E-state index is 12.4. The molecule has 3 rings (SSSR count). The Morgan fingerprint density at radius 1 is 1.00 bits per heavy atom. The summed E-state index contributed by atoms with van der Waals surface area (Å²) in [6.45, 7) is 1.90. The lowest BCUT2D eigenvalue weighted by Crippen LogP contribution is -2.14. The van der Waals surface area contributed by atoms with Crippen molar-refractivity contribution in [1.29, 1.82) is 0 Å². The Labute approximate surface area is 184 Å². The summed E-state index contributed by atoms with van der Waals surface area (Å²) in [6, 6.07) is 19.8. The van der Waals surface area contributed by atoms with Gasteiger partial charge in [-0.25, -0.2) is 0 Å². The van der Waals surface area contributed by atoms with Gasteiger partial charge in [0.2, 0.25) is 5.91 Å². The summed E-state index contributed by atoms with van der Waals surface area (Å²) in [5.74, 6) is 0.456. The van der Waals surface area contributed by atoms with Crippen molar-refractivity contribution < 1.29 is 14.3 Å². The number of halogens is 1. The number of methoxy groups -OCH3 is 1. The molecule has 7 heteroatoms. The first-order valence-corrected chi connectivity index (χ1v) is 10.6. The van der Waals surface area contributed by atoms with Crippen LogP contribution in [-0.2, 0) is 4.79 Å². The van der Waals surface area contributed by atoms with E-state index in [-0.39, 0.29) is 17.6 Å². The van der Waals surface area contributed by atoms with Gasteiger partial charge in [0.25, 0.3) is 5.91 Å². The van der Waals surface area contributed by atoms with E-state index in [9.17, 15) is 9.59 Å². The third kappa shape index (κ3) is 5.78. The molecule has 0 aromatic heterocycles. The standard InChI is InChI=1S/C23H21ClN2O3S/c1-15-5-3-4-6-19(15)23(28)25-17-8-10-18(11-9-17)30-14-22(27)26-20-13-16(24)7-12-21(20)29-2/h3-13H,14H2,1-2H3,(H,25,28)(H,26,27). The Morgan fingerprint density at radius 2 is 1.73 bits per heavy atom. The molecule has 3 aromatic carbocycles. The monoisotopic (exact) mass is 440 g/mol. The van der Waals surface area contributed by atoms with Crippen LogP contribution in [0.25, 0.3) is 0 Å². The molecule has 0 aliphatic carbocycles. The van der Waals surface area contributed by atoms with E-state index >= 15 is 0 Å². The van der Waals surface area contributed by atoms with Gasteiger partial charge in [-0.05, 0) is 61.0 Å². The van der Waals surface area contributed by atoms with Crippen molar-refractivity contribution in [2.45, 2.75) is 11.8 Å². The Balaban J connectivity index is 1.55. The zero-order chi connectivity index (χ0) is 21.5. The van der Waals surface area contributed by atoms with E-state index in [1.54, 1.807) is 24.3 Å². The number of carbonyl (C=O) groups excluding carboxylic acids is 2. The highest BCUT2D eigenvalue weighted by Crippen LogP contribution is 2.28. The second kappa shape index (κ2) is 10.2. The predicted molar refractivity (Wildman–Crippen MR) is 123 cm³/mol. The van der Waals surface area contributed by atoms with E-state index < -0.39 is 0 Å². The van der Waals surface area contributed by atoms with Gasteiger partial charge in [0.1, 0.15) is 5.75 Å². The maximum atomic E-state index is 12.4. The Hall–Kier alpha value is -2.96. The highest BCUT2D eigenvalue weighted by atomic mass is 35.5. The second-order valence-electron chi connectivity index (χ2n) is 6.47. The number of ether oxygens (including phenoxy) is 1. The van der Waals surface area contributed by atoms with Gasteiger partial charge in [-0.3, -0.25) is 9.59 Å². The highest BCUT2D eigenvalue weighted by molar-refractivity contribution is 8.00. The number of hydrogen-bond acceptors (Lipinski definition) is 4. The summed E-state index contributed by atoms with van der Waals surface area (Å²) in [4.78, 5) is 25.6. The number of aryl methyl sites for hydroxylation is 1. The van der Waals surface area contributed by atoms with Gasteiger partial charge >= 0.3 is 0 Å². The number of carbonyl (C=O) groups is 2. The van der Waals surface area contributed by atoms with Gasteiger partial charge < -0.3 is 15.4 Å². The van der Waals surface area contributed by atoms with E-state index in [0.29, 0.717) is 27.7 Å². The minimum atomic E-state index is -0.169. The normalized spacial score (nSPS) is 10.4. The lowest BCUT2D eigenvalue weighted by atomic mass is 10.1. The fourth-order valence-electron chi connectivity index (χ4n) is 2.77. The van der Waals surface area contributed by atoms with Crippen LogP contribution < -0.4 is 15.4 Å². The number of anilines is 2. The summed E-state index contributed by atoms with van der Waals surface area (Å²) in [7, 11) is 1.53. The first-order chi connectivity index (χ1) is 14.5. The average molecular weight is 441 g/mol. The molecule has 0 saturated carbocycles. The van der Waals surface area contributed by atoms with Crippen LogP contribution in [0.1, 0.15) is 15.9 Å². The SMILES string of the molecule is COc1ccc(Cl)cc1NC(=O)CSc1ccc(NC(=O)c2ccccc2C)cc1. The van der Waals surface area contributed by atoms with Gasteiger partial charge in [-0.1, -0.05) is 29.8 Å². The van der Waals surface area contributed by atoms with E-state index in [4.69, 9.17) is 16.3 Å². The van der Waals surface area contributed by atoms with Crippen molar-refractivity contribution in [3.8, 4) is 5.75 Å². The largest absolute Gasteiger partial charge is 0.495 e. The minimum absolute atomic E-state index is 0.150. The van der Waals surface area contributed by atoms with Gasteiger partial charge in [0.15, 0.2) is 0 Å². The average Bonchev–Trinajstić information content (AvgIpc) is 2.74. The van der Waals surface area contributed by atoms with Gasteiger partial charge in [-0.15, -0.1) is 11.8 Å². The molecule has 2 N–H and O–H groups in total. The molecule has 0 heterocycles. The van der Waals surface area contributed by atoms with E-state index in [1.165, 1.54) is 18.9 Å². The van der Waals surface area contributed by atoms with Gasteiger partial charge in [-0.2, -0.15) is 0 Å². The summed E-state index contributed by atoms with van der Waals surface area (Å²) in [5.41, 5.74) is 2.79. The zero-order valence-electron chi connectivity index (χ0n) is 16.6. The quantitative estimate of drug-likeness (QED) is 0.466. The lowest BCUT2D eigenvalue weighted by Gasteiger charge is -2.11. The number of rotatable bonds is 7. The molecule has 0 radical (unpaired) electrons. The molecule has 2 amide bonds. The van der Waals surface area contributed by atoms with Crippen molar-refractivity contribution >= 4 is 46.6 Å². The number of amides is 2. The molecule has 5 nitrogen and oxygen atoms in total. The third-order valence-corrected chi connectivity index (χ3v) is 5.55. The van der Waals surface area contributed by atoms with Crippen molar-refractivity contribution in [3.63, 3.8) is 0 Å². The Kier molecular flexibility index (Phi) is 7.38. The number of nitrogens with one attached hydrogen (secondary N) is 2. The van der Waals surface area contributed by atoms with E-state index in [2.05, 4.69) is 10.6 Å². The molecule has 3 aromatic rings. The molecular formula is C23H21ClN2O3S. The van der Waals surface area contributed by atoms with Gasteiger partial charge in [0, 0.05) is 21.2 Å². The molecule has 0 aliphatic heterocycles. The fourth-order valence-corrected chi connectivity index (χ4v) is 3.64. The van der Waals surface area contributed by atoms with Gasteiger partial charge in [0.05, 0.1) is 18.6 Å². The molecule has 0 bridgehead atoms. The van der Waals surface area contributed by atoms with E-state index in [0.717, 1.165) is 10.5 Å². The number of thioether (sulfide) groups is 1. The van der Waals surface area contributed by atoms with Crippen LogP contribution in [0.2, 0.25) is 5.02 Å². The van der Waals surface area contributed by atoms with Crippen molar-refractivity contribution in [3.05, 3.63) is 82.9 Å². The third-order valence-electron chi connectivity index (χ3n) is 4.31. The minimum Gasteiger partial charge on any atom is -0.495 e. The highest BCUT2D eigenvalue weighted by Gasteiger charge is 2.10. The molecule has 30 heavy (non-hydrogen) atoms. The van der Waals surface area contributed by atoms with Crippen LogP contribution in [0.4, 0.5) is 11.4 Å². The zero-order valence-corrected chi connectivity index (χ0v) is 18.1. The topological polar surface area (TPSA) is 67.4 Å². The van der Waals surface area contributed by atoms with Crippen molar-refractivity contribution in [2.75, 3.05) is 23.5 Å². The molecule has 0 atom stereocenters. The molecule has 154 valence electrons. The summed E-state index contributed by atoms with van der Waals surface area (Å²) < 4.78 is 5.23. The first-order valence-electron chi connectivity index (χ1n) is 9.19. The van der Waals surface area contributed by atoms with Crippen molar-refractivity contribution in [1.82, 2.24) is 0 Å². The molecule has 0 spiro atoms. The van der Waals surface area contributed by atoms with E-state index in [1.807, 2.05) is 49.4 Å². The van der Waals surface area contributed by atoms with Crippen LogP contribution >= 0.6 is 23.4 Å². The smallest absolute Gasteiger partial charge is 0.255 e. The summed E-state index contributed by atoms with van der Waals surface area (Å²) in [5, 5.41) is 6.21. The molecular weight excluding hydrogens is 420 g/mol. The van der Waals surface area contributed by atoms with Crippen LogP contribution in [0, 0.1) is 6.92 Å². The molecule has 0 saturated heterocycles. The fraction of sp³-hybridized carbons (Fsp3) is 0.130. The Bertz CT molecular complexity index is 1050. The predicted octanol–water partition coefficient (Wildman–Crippen LogP) is 5.64. The lowest BCUT2D eigenvalue weighted by molar-refractivity contribution is -0.113. The van der Waals surface area contributed by atoms with Crippen LogP contribution in [0.15, 0.2) is 71.6 Å². The molecule has 0 fully saturated rings. The van der Waals surface area contributed by atoms with Crippen molar-refractivity contribution in [2.24, 2.45) is 0 Å². The summed E-state index contributed by atoms with van der Waals surface area (Å²) in [6.07, 6.45) is 0. The maximum Gasteiger partial charge on any atom is 0.255 e. The summed E-state index contributed by atoms with van der Waals surface area (Å²) >= 11 is 7.38. The second-order valence-corrected chi connectivity index (χ2v) is 7.96. The van der Waals surface area contributed by atoms with Crippen LogP contribution in [-0.4, -0.2) is 24.7 Å². The van der Waals surface area contributed by atoms with Crippen LogP contribution in [0.5, 0.6) is 5.75 Å². The number of benzene rings is 3. The Morgan fingerprint density at radius 3 is 2.43 bits per heavy atom. The first kappa shape index (κ1) is 21.7.